The number of ether oxygens (including phenoxy) is 1. The number of aryl methyl sites for hydroxylation is 1. The molecular formula is C26H24ClN9O4S. The average molecular weight is 594 g/mol. The summed E-state index contributed by atoms with van der Waals surface area (Å²) in [5.41, 5.74) is 2.46. The van der Waals surface area contributed by atoms with Crippen molar-refractivity contribution >= 4 is 40.6 Å². The molecular weight excluding hydrogens is 570 g/mol. The fraction of sp³-hybridized carbons (Fsp3) is 0.308. The number of fused-ring (bicyclic) bond motifs is 1. The van der Waals surface area contributed by atoms with Crippen LogP contribution in [0, 0.1) is 0 Å². The minimum absolute atomic E-state index is 0.150. The zero-order valence-corrected chi connectivity index (χ0v) is 23.6. The molecule has 0 aliphatic carbocycles. The first-order valence-electron chi connectivity index (χ1n) is 12.7. The average Bonchev–Trinajstić information content (AvgIpc) is 3.77. The van der Waals surface area contributed by atoms with Gasteiger partial charge >= 0.3 is 5.97 Å². The van der Waals surface area contributed by atoms with E-state index in [4.69, 9.17) is 26.3 Å². The van der Waals surface area contributed by atoms with Gasteiger partial charge in [0, 0.05) is 37.2 Å². The van der Waals surface area contributed by atoms with Gasteiger partial charge in [0.2, 0.25) is 0 Å². The van der Waals surface area contributed by atoms with Crippen molar-refractivity contribution in [2.45, 2.75) is 24.9 Å². The summed E-state index contributed by atoms with van der Waals surface area (Å²) in [6.45, 7) is 0.152. The van der Waals surface area contributed by atoms with Crippen LogP contribution in [0.4, 0.5) is 0 Å². The molecule has 210 valence electrons. The van der Waals surface area contributed by atoms with E-state index in [0.29, 0.717) is 57.9 Å². The van der Waals surface area contributed by atoms with Crippen LogP contribution in [0.1, 0.15) is 39.6 Å². The third kappa shape index (κ3) is 5.23. The minimum Gasteiger partial charge on any atom is -0.451 e. The molecule has 1 aromatic carbocycles. The van der Waals surface area contributed by atoms with E-state index in [0.717, 1.165) is 5.56 Å². The number of benzene rings is 1. The number of hydrogen-bond donors (Lipinski definition) is 1. The van der Waals surface area contributed by atoms with Crippen molar-refractivity contribution in [1.29, 1.82) is 0 Å². The van der Waals surface area contributed by atoms with Crippen LogP contribution >= 0.6 is 22.9 Å². The van der Waals surface area contributed by atoms with Gasteiger partial charge in [-0.1, -0.05) is 11.6 Å². The Labute approximate surface area is 242 Å². The summed E-state index contributed by atoms with van der Waals surface area (Å²) < 4.78 is 8.30. The van der Waals surface area contributed by atoms with Crippen LogP contribution < -0.4 is 10.9 Å². The first-order valence-corrected chi connectivity index (χ1v) is 14.0. The Morgan fingerprint density at radius 3 is 2.88 bits per heavy atom. The SMILES string of the molecule is CN(C)C(=O)COC(=O)c1cc(C2CN=C([C@@H]3CCc4nc(-c5cc(Cl)ccc5-n5cnnn5)cc(=O)n43)N2)cs1. The van der Waals surface area contributed by atoms with Crippen molar-refractivity contribution in [3.63, 3.8) is 0 Å². The molecule has 5 heterocycles. The zero-order valence-electron chi connectivity index (χ0n) is 22.0. The lowest BCUT2D eigenvalue weighted by Crippen LogP contribution is -2.34. The molecule has 0 fully saturated rings. The molecule has 2 atom stereocenters. The molecule has 2 aliphatic rings. The van der Waals surface area contributed by atoms with E-state index in [-0.39, 0.29) is 30.2 Å². The van der Waals surface area contributed by atoms with Gasteiger partial charge in [0.15, 0.2) is 6.61 Å². The molecule has 0 spiro atoms. The van der Waals surface area contributed by atoms with Gasteiger partial charge in [0.05, 0.1) is 30.0 Å². The fourth-order valence-electron chi connectivity index (χ4n) is 4.84. The fourth-order valence-corrected chi connectivity index (χ4v) is 5.87. The van der Waals surface area contributed by atoms with Crippen LogP contribution in [0.15, 0.2) is 51.8 Å². The molecule has 6 rings (SSSR count). The number of esters is 1. The van der Waals surface area contributed by atoms with Crippen molar-refractivity contribution in [3.05, 3.63) is 73.7 Å². The van der Waals surface area contributed by atoms with E-state index in [1.807, 2.05) is 5.38 Å². The van der Waals surface area contributed by atoms with Gasteiger partial charge in [-0.15, -0.1) is 16.4 Å². The topological polar surface area (TPSA) is 149 Å². The van der Waals surface area contributed by atoms with Crippen LogP contribution in [0.25, 0.3) is 16.9 Å². The molecule has 0 radical (unpaired) electrons. The molecule has 2 aliphatic heterocycles. The Hall–Kier alpha value is -4.43. The number of nitrogens with one attached hydrogen (secondary N) is 1. The largest absolute Gasteiger partial charge is 0.451 e. The molecule has 0 saturated carbocycles. The number of amidine groups is 1. The second-order valence-corrected chi connectivity index (χ2v) is 11.1. The number of aliphatic imine (C=N–C) groups is 1. The smallest absolute Gasteiger partial charge is 0.348 e. The Kier molecular flexibility index (Phi) is 7.09. The lowest BCUT2D eigenvalue weighted by molar-refractivity contribution is -0.131. The highest BCUT2D eigenvalue weighted by atomic mass is 35.5. The van der Waals surface area contributed by atoms with Crippen molar-refractivity contribution in [2.75, 3.05) is 27.2 Å². The second-order valence-electron chi connectivity index (χ2n) is 9.77. The Balaban J connectivity index is 1.19. The molecule has 1 N–H and O–H groups in total. The van der Waals surface area contributed by atoms with Gasteiger partial charge in [0.1, 0.15) is 22.9 Å². The third-order valence-corrected chi connectivity index (χ3v) is 8.10. The summed E-state index contributed by atoms with van der Waals surface area (Å²) in [6, 6.07) is 8.06. The van der Waals surface area contributed by atoms with E-state index >= 15 is 0 Å². The number of tetrazole rings is 1. The van der Waals surface area contributed by atoms with Gasteiger partial charge in [-0.25, -0.2) is 9.78 Å². The number of likely N-dealkylation sites (N-methyl/N-ethyl adjacent to an activating group) is 1. The number of nitrogens with zero attached hydrogens (tertiary/aromatic N) is 8. The normalized spacial score (nSPS) is 17.6. The maximum Gasteiger partial charge on any atom is 0.348 e. The van der Waals surface area contributed by atoms with E-state index < -0.39 is 5.97 Å². The summed E-state index contributed by atoms with van der Waals surface area (Å²) >= 11 is 7.53. The monoisotopic (exact) mass is 593 g/mol. The van der Waals surface area contributed by atoms with Crippen molar-refractivity contribution in [2.24, 2.45) is 4.99 Å². The summed E-state index contributed by atoms with van der Waals surface area (Å²) in [6.07, 6.45) is 2.73. The quantitative estimate of drug-likeness (QED) is 0.318. The van der Waals surface area contributed by atoms with Crippen LogP contribution in [0.2, 0.25) is 5.02 Å². The number of amides is 1. The molecule has 1 unspecified atom stereocenters. The summed E-state index contributed by atoms with van der Waals surface area (Å²) in [5.74, 6) is 0.520. The molecule has 1 amide bonds. The van der Waals surface area contributed by atoms with E-state index in [2.05, 4.69) is 20.8 Å². The third-order valence-electron chi connectivity index (χ3n) is 6.94. The first kappa shape index (κ1) is 26.8. The van der Waals surface area contributed by atoms with Gasteiger partial charge in [-0.2, -0.15) is 4.68 Å². The molecule has 41 heavy (non-hydrogen) atoms. The summed E-state index contributed by atoms with van der Waals surface area (Å²) in [5, 5.41) is 17.2. The van der Waals surface area contributed by atoms with E-state index in [1.165, 1.54) is 33.3 Å². The lowest BCUT2D eigenvalue weighted by Gasteiger charge is -2.18. The number of halogens is 1. The van der Waals surface area contributed by atoms with Crippen molar-refractivity contribution in [3.8, 4) is 16.9 Å². The van der Waals surface area contributed by atoms with Crippen molar-refractivity contribution < 1.29 is 14.3 Å². The zero-order chi connectivity index (χ0) is 28.7. The van der Waals surface area contributed by atoms with Crippen molar-refractivity contribution in [1.82, 2.24) is 40.0 Å². The number of rotatable bonds is 7. The van der Waals surface area contributed by atoms with Crippen LogP contribution in [-0.4, -0.2) is 79.6 Å². The van der Waals surface area contributed by atoms with Crippen LogP contribution in [0.5, 0.6) is 0 Å². The highest BCUT2D eigenvalue weighted by Gasteiger charge is 2.33. The second kappa shape index (κ2) is 10.9. The number of carbonyl (C=O) groups is 2. The van der Waals surface area contributed by atoms with Gasteiger partial charge in [0.25, 0.3) is 11.5 Å². The number of thiophene rings is 1. The van der Waals surface area contributed by atoms with E-state index in [1.54, 1.807) is 42.9 Å². The predicted octanol–water partition coefficient (Wildman–Crippen LogP) is 2.08. The number of carbonyl (C=O) groups excluding carboxylic acids is 2. The van der Waals surface area contributed by atoms with Gasteiger partial charge in [-0.05, 0) is 52.1 Å². The van der Waals surface area contributed by atoms with Gasteiger partial charge in [-0.3, -0.25) is 19.1 Å². The number of aromatic nitrogens is 6. The molecule has 4 aromatic rings. The van der Waals surface area contributed by atoms with Crippen LogP contribution in [-0.2, 0) is 16.0 Å². The molecule has 0 bridgehead atoms. The standard InChI is InChI=1S/C26H24ClN9O4S/c1-34(2)24(38)11-40-26(39)21-7-14(12-41-21)18-10-28-25(31-18)20-5-6-22-30-17(9-23(37)36(20)22)16-8-15(27)3-4-19(16)35-13-29-32-33-35/h3-4,7-9,12-13,18,20H,5-6,10-11H2,1-2H3,(H,28,31)/t18?,20-/m0/s1. The van der Waals surface area contributed by atoms with Gasteiger partial charge < -0.3 is 15.0 Å². The Bertz CT molecular complexity index is 1730. The maximum atomic E-state index is 13.4. The minimum atomic E-state index is -0.545. The molecule has 3 aromatic heterocycles. The summed E-state index contributed by atoms with van der Waals surface area (Å²) in [4.78, 5) is 48.8. The highest BCUT2D eigenvalue weighted by molar-refractivity contribution is 7.12. The molecule has 13 nitrogen and oxygen atoms in total. The highest BCUT2D eigenvalue weighted by Crippen LogP contribution is 2.32. The Morgan fingerprint density at radius 1 is 1.24 bits per heavy atom. The molecule has 15 heteroatoms. The van der Waals surface area contributed by atoms with Crippen LogP contribution in [0.3, 0.4) is 0 Å². The number of hydrogen-bond acceptors (Lipinski definition) is 11. The lowest BCUT2D eigenvalue weighted by atomic mass is 10.1. The summed E-state index contributed by atoms with van der Waals surface area (Å²) in [7, 11) is 3.20. The molecule has 0 saturated heterocycles. The predicted molar refractivity (Wildman–Crippen MR) is 150 cm³/mol. The van der Waals surface area contributed by atoms with E-state index in [9.17, 15) is 14.4 Å². The maximum absolute atomic E-state index is 13.4. The Morgan fingerprint density at radius 2 is 2.10 bits per heavy atom. The first-order chi connectivity index (χ1) is 19.8.